The highest BCUT2D eigenvalue weighted by molar-refractivity contribution is 5.80. The van der Waals surface area contributed by atoms with Crippen molar-refractivity contribution in [3.05, 3.63) is 12.2 Å². The van der Waals surface area contributed by atoms with Gasteiger partial charge in [0.15, 0.2) is 5.96 Å². The fourth-order valence-corrected chi connectivity index (χ4v) is 2.39. The lowest BCUT2D eigenvalue weighted by Gasteiger charge is -2.18. The minimum Gasteiger partial charge on any atom is -0.396 e. The predicted octanol–water partition coefficient (Wildman–Crippen LogP) is 2.06. The summed E-state index contributed by atoms with van der Waals surface area (Å²) in [6.45, 7) is 6.20. The molecule has 110 valence electrons. The number of hydrogen-bond acceptors (Lipinski definition) is 2. The van der Waals surface area contributed by atoms with E-state index in [1.165, 1.54) is 0 Å². The van der Waals surface area contributed by atoms with E-state index in [0.29, 0.717) is 12.0 Å². The van der Waals surface area contributed by atoms with Crippen molar-refractivity contribution in [2.75, 3.05) is 19.7 Å². The second-order valence-corrected chi connectivity index (χ2v) is 5.17. The van der Waals surface area contributed by atoms with Gasteiger partial charge >= 0.3 is 0 Å². The molecule has 0 aliphatic heterocycles. The van der Waals surface area contributed by atoms with Gasteiger partial charge in [-0.25, -0.2) is 0 Å². The number of aliphatic imine (C=N–C) groups is 1. The van der Waals surface area contributed by atoms with Gasteiger partial charge in [0.05, 0.1) is 0 Å². The molecule has 0 amide bonds. The third-order valence-corrected chi connectivity index (χ3v) is 3.43. The van der Waals surface area contributed by atoms with Crippen LogP contribution in [0.15, 0.2) is 17.1 Å². The summed E-state index contributed by atoms with van der Waals surface area (Å²) >= 11 is 0. The SMILES string of the molecule is CCCC(CCO)CN=C(NCC)NC1CC=CC1. The minimum absolute atomic E-state index is 0.261. The summed E-state index contributed by atoms with van der Waals surface area (Å²) < 4.78 is 0. The molecule has 1 atom stereocenters. The monoisotopic (exact) mass is 267 g/mol. The molecule has 0 saturated carbocycles. The number of rotatable bonds is 8. The first-order valence-electron chi connectivity index (χ1n) is 7.60. The molecule has 0 spiro atoms. The van der Waals surface area contributed by atoms with Gasteiger partial charge in [-0.3, -0.25) is 4.99 Å². The van der Waals surface area contributed by atoms with Crippen molar-refractivity contribution in [1.82, 2.24) is 10.6 Å². The first-order valence-corrected chi connectivity index (χ1v) is 7.60. The zero-order valence-corrected chi connectivity index (χ0v) is 12.4. The smallest absolute Gasteiger partial charge is 0.191 e. The Morgan fingerprint density at radius 1 is 1.32 bits per heavy atom. The van der Waals surface area contributed by atoms with Crippen molar-refractivity contribution >= 4 is 5.96 Å². The van der Waals surface area contributed by atoms with Crippen molar-refractivity contribution in [2.24, 2.45) is 10.9 Å². The maximum Gasteiger partial charge on any atom is 0.191 e. The van der Waals surface area contributed by atoms with E-state index in [1.54, 1.807) is 0 Å². The highest BCUT2D eigenvalue weighted by atomic mass is 16.3. The molecule has 1 aliphatic rings. The van der Waals surface area contributed by atoms with Gasteiger partial charge in [-0.05, 0) is 38.5 Å². The Labute approximate surface area is 117 Å². The summed E-state index contributed by atoms with van der Waals surface area (Å²) in [5, 5.41) is 15.8. The van der Waals surface area contributed by atoms with E-state index in [9.17, 15) is 0 Å². The Kier molecular flexibility index (Phi) is 8.30. The van der Waals surface area contributed by atoms with Crippen LogP contribution in [0.1, 0.15) is 46.0 Å². The van der Waals surface area contributed by atoms with E-state index in [2.05, 4.69) is 41.6 Å². The highest BCUT2D eigenvalue weighted by Gasteiger charge is 2.12. The van der Waals surface area contributed by atoms with Gasteiger partial charge in [-0.1, -0.05) is 25.5 Å². The molecule has 0 aromatic heterocycles. The molecule has 0 saturated heterocycles. The van der Waals surface area contributed by atoms with E-state index in [-0.39, 0.29) is 6.61 Å². The third kappa shape index (κ3) is 6.62. The number of aliphatic hydroxyl groups is 1. The van der Waals surface area contributed by atoms with Crippen LogP contribution in [-0.2, 0) is 0 Å². The topological polar surface area (TPSA) is 56.7 Å². The van der Waals surface area contributed by atoms with Gasteiger partial charge in [0.1, 0.15) is 0 Å². The number of hydrogen-bond donors (Lipinski definition) is 3. The predicted molar refractivity (Wildman–Crippen MR) is 81.4 cm³/mol. The molecule has 0 radical (unpaired) electrons. The minimum atomic E-state index is 0.261. The molecule has 4 nitrogen and oxygen atoms in total. The molecule has 19 heavy (non-hydrogen) atoms. The summed E-state index contributed by atoms with van der Waals surface area (Å²) in [5.74, 6) is 1.41. The molecule has 0 heterocycles. The molecule has 4 heteroatoms. The van der Waals surface area contributed by atoms with Crippen LogP contribution in [0.3, 0.4) is 0 Å². The number of guanidine groups is 1. The lowest BCUT2D eigenvalue weighted by Crippen LogP contribution is -2.42. The molecule has 0 aromatic rings. The molecule has 1 unspecified atom stereocenters. The average molecular weight is 267 g/mol. The lowest BCUT2D eigenvalue weighted by molar-refractivity contribution is 0.253. The Bertz CT molecular complexity index is 275. The Hall–Kier alpha value is -1.03. The zero-order chi connectivity index (χ0) is 13.9. The average Bonchev–Trinajstić information content (AvgIpc) is 2.89. The lowest BCUT2D eigenvalue weighted by atomic mass is 10.0. The maximum absolute atomic E-state index is 9.07. The first kappa shape index (κ1) is 16.0. The van der Waals surface area contributed by atoms with Crippen LogP contribution in [-0.4, -0.2) is 36.8 Å². The highest BCUT2D eigenvalue weighted by Crippen LogP contribution is 2.12. The maximum atomic E-state index is 9.07. The van der Waals surface area contributed by atoms with Crippen molar-refractivity contribution in [1.29, 1.82) is 0 Å². The van der Waals surface area contributed by atoms with E-state index >= 15 is 0 Å². The molecule has 3 N–H and O–H groups in total. The number of aliphatic hydroxyl groups excluding tert-OH is 1. The Morgan fingerprint density at radius 2 is 2.05 bits per heavy atom. The number of nitrogens with zero attached hydrogens (tertiary/aromatic N) is 1. The quantitative estimate of drug-likeness (QED) is 0.358. The van der Waals surface area contributed by atoms with Gasteiger partial charge in [-0.2, -0.15) is 0 Å². The molecular formula is C15H29N3O. The fourth-order valence-electron chi connectivity index (χ4n) is 2.39. The molecular weight excluding hydrogens is 238 g/mol. The summed E-state index contributed by atoms with van der Waals surface area (Å²) in [5.41, 5.74) is 0. The molecule has 0 bridgehead atoms. The van der Waals surface area contributed by atoms with Crippen LogP contribution >= 0.6 is 0 Å². The normalized spacial score (nSPS) is 17.7. The van der Waals surface area contributed by atoms with Crippen molar-refractivity contribution in [2.45, 2.75) is 52.0 Å². The molecule has 0 fully saturated rings. The summed E-state index contributed by atoms with van der Waals surface area (Å²) in [4.78, 5) is 4.67. The first-order chi connectivity index (χ1) is 9.30. The molecule has 1 aliphatic carbocycles. The molecule has 1 rings (SSSR count). The van der Waals surface area contributed by atoms with Gasteiger partial charge in [0, 0.05) is 25.7 Å². The second-order valence-electron chi connectivity index (χ2n) is 5.17. The van der Waals surface area contributed by atoms with Gasteiger partial charge < -0.3 is 15.7 Å². The van der Waals surface area contributed by atoms with Crippen molar-refractivity contribution in [3.63, 3.8) is 0 Å². The van der Waals surface area contributed by atoms with Crippen molar-refractivity contribution in [3.8, 4) is 0 Å². The summed E-state index contributed by atoms with van der Waals surface area (Å²) in [7, 11) is 0. The Balaban J connectivity index is 2.45. The largest absolute Gasteiger partial charge is 0.396 e. The van der Waals surface area contributed by atoms with Crippen LogP contribution in [0.4, 0.5) is 0 Å². The van der Waals surface area contributed by atoms with E-state index in [1.807, 2.05) is 0 Å². The Morgan fingerprint density at radius 3 is 2.63 bits per heavy atom. The third-order valence-electron chi connectivity index (χ3n) is 3.43. The fraction of sp³-hybridized carbons (Fsp3) is 0.800. The van der Waals surface area contributed by atoms with Crippen LogP contribution < -0.4 is 10.6 Å². The van der Waals surface area contributed by atoms with E-state index < -0.39 is 0 Å². The van der Waals surface area contributed by atoms with Crippen molar-refractivity contribution < 1.29 is 5.11 Å². The van der Waals surface area contributed by atoms with Crippen LogP contribution in [0.25, 0.3) is 0 Å². The van der Waals surface area contributed by atoms with Crippen LogP contribution in [0.2, 0.25) is 0 Å². The van der Waals surface area contributed by atoms with E-state index in [4.69, 9.17) is 5.11 Å². The van der Waals surface area contributed by atoms with Gasteiger partial charge in [-0.15, -0.1) is 0 Å². The van der Waals surface area contributed by atoms with E-state index in [0.717, 1.165) is 51.2 Å². The summed E-state index contributed by atoms with van der Waals surface area (Å²) in [6, 6.07) is 0.486. The number of nitrogens with one attached hydrogen (secondary N) is 2. The molecule has 0 aromatic carbocycles. The zero-order valence-electron chi connectivity index (χ0n) is 12.4. The van der Waals surface area contributed by atoms with Gasteiger partial charge in [0.25, 0.3) is 0 Å². The standard InChI is InChI=1S/C15H29N3O/c1-3-7-13(10-11-19)12-17-15(16-4-2)18-14-8-5-6-9-14/h5-6,13-14,19H,3-4,7-12H2,1-2H3,(H2,16,17,18). The van der Waals surface area contributed by atoms with Crippen LogP contribution in [0, 0.1) is 5.92 Å². The van der Waals surface area contributed by atoms with Crippen LogP contribution in [0.5, 0.6) is 0 Å². The van der Waals surface area contributed by atoms with Gasteiger partial charge in [0.2, 0.25) is 0 Å². The second kappa shape index (κ2) is 9.84. The summed E-state index contributed by atoms with van der Waals surface area (Å²) in [6.07, 6.45) is 9.73.